The van der Waals surface area contributed by atoms with E-state index in [1.807, 2.05) is 0 Å². The van der Waals surface area contributed by atoms with Crippen molar-refractivity contribution in [2.24, 2.45) is 34.5 Å². The summed E-state index contributed by atoms with van der Waals surface area (Å²) in [6, 6.07) is 0. The second-order valence-corrected chi connectivity index (χ2v) is 10.4. The van der Waals surface area contributed by atoms with Crippen molar-refractivity contribution < 1.29 is 14.3 Å². The number of hydrogen-bond acceptors (Lipinski definition) is 3. The van der Waals surface area contributed by atoms with Crippen LogP contribution in [0.4, 0.5) is 0 Å². The number of Topliss-reactive ketones (excluding diaryl/α,β-unsaturated/α-hetero) is 1. The minimum absolute atomic E-state index is 0.0665. The van der Waals surface area contributed by atoms with E-state index in [4.69, 9.17) is 15.9 Å². The molecule has 3 saturated carbocycles. The van der Waals surface area contributed by atoms with E-state index in [0.29, 0.717) is 23.5 Å². The van der Waals surface area contributed by atoms with Gasteiger partial charge in [0.15, 0.2) is 5.79 Å². The zero-order valence-electron chi connectivity index (χ0n) is 17.5. The lowest BCUT2D eigenvalue weighted by Gasteiger charge is -2.59. The van der Waals surface area contributed by atoms with E-state index in [9.17, 15) is 4.79 Å². The molecular weight excluding hydrogens is 348 g/mol. The number of terminal acetylenes is 1. The summed E-state index contributed by atoms with van der Waals surface area (Å²) < 4.78 is 12.1. The lowest BCUT2D eigenvalue weighted by Crippen LogP contribution is -2.53. The molecule has 5 rings (SSSR count). The topological polar surface area (TPSA) is 35.5 Å². The average Bonchev–Trinajstić information content (AvgIpc) is 3.27. The van der Waals surface area contributed by atoms with Gasteiger partial charge < -0.3 is 9.47 Å². The molecule has 28 heavy (non-hydrogen) atoms. The highest BCUT2D eigenvalue weighted by Gasteiger charge is 2.62. The first-order valence-corrected chi connectivity index (χ1v) is 11.4. The van der Waals surface area contributed by atoms with Crippen LogP contribution < -0.4 is 0 Å². The van der Waals surface area contributed by atoms with Gasteiger partial charge in [-0.1, -0.05) is 18.6 Å². The van der Waals surface area contributed by atoms with Crippen molar-refractivity contribution >= 4 is 5.78 Å². The van der Waals surface area contributed by atoms with Gasteiger partial charge in [0.25, 0.3) is 0 Å². The fourth-order valence-electron chi connectivity index (χ4n) is 8.30. The van der Waals surface area contributed by atoms with E-state index < -0.39 is 0 Å². The maximum absolute atomic E-state index is 12.5. The largest absolute Gasteiger partial charge is 0.347 e. The molecule has 0 bridgehead atoms. The Balaban J connectivity index is 1.47. The number of hydrogen-bond donors (Lipinski definition) is 0. The normalized spacial score (nSPS) is 46.2. The monoisotopic (exact) mass is 382 g/mol. The van der Waals surface area contributed by atoms with Crippen molar-refractivity contribution in [1.82, 2.24) is 0 Å². The third kappa shape index (κ3) is 2.47. The van der Waals surface area contributed by atoms with E-state index in [-0.39, 0.29) is 22.5 Å². The van der Waals surface area contributed by atoms with Gasteiger partial charge in [0, 0.05) is 25.2 Å². The molecule has 0 N–H and O–H groups in total. The SMILES string of the molecule is C#CC[C@]12CC[C@H]3[C@@H](CC=C4CC5(CC[C@@]43C)OCCO5)[C@@H]1CC[C@@H]2C(C)=O. The molecule has 152 valence electrons. The lowest BCUT2D eigenvalue weighted by molar-refractivity contribution is -0.185. The molecule has 3 nitrogen and oxygen atoms in total. The molecule has 1 heterocycles. The first-order chi connectivity index (χ1) is 13.4. The maximum Gasteiger partial charge on any atom is 0.172 e. The summed E-state index contributed by atoms with van der Waals surface area (Å²) in [5, 5.41) is 0. The predicted molar refractivity (Wildman–Crippen MR) is 108 cm³/mol. The summed E-state index contributed by atoms with van der Waals surface area (Å²) >= 11 is 0. The Hall–Kier alpha value is -1.11. The molecule has 6 atom stereocenters. The van der Waals surface area contributed by atoms with Gasteiger partial charge in [0.1, 0.15) is 5.78 Å². The van der Waals surface area contributed by atoms with Crippen LogP contribution in [0.25, 0.3) is 0 Å². The van der Waals surface area contributed by atoms with Crippen molar-refractivity contribution in [2.45, 2.75) is 77.4 Å². The van der Waals surface area contributed by atoms with Crippen LogP contribution in [-0.4, -0.2) is 24.8 Å². The smallest absolute Gasteiger partial charge is 0.172 e. The second kappa shape index (κ2) is 6.44. The average molecular weight is 383 g/mol. The fraction of sp³-hybridized carbons (Fsp3) is 0.800. The molecule has 1 spiro atoms. The van der Waals surface area contributed by atoms with E-state index in [2.05, 4.69) is 18.9 Å². The number of ketones is 1. The lowest BCUT2D eigenvalue weighted by atomic mass is 9.46. The molecule has 5 aliphatic rings. The van der Waals surface area contributed by atoms with Crippen LogP contribution in [0.3, 0.4) is 0 Å². The van der Waals surface area contributed by atoms with Gasteiger partial charge in [-0.25, -0.2) is 0 Å². The molecule has 4 fully saturated rings. The molecule has 0 aromatic rings. The van der Waals surface area contributed by atoms with Crippen LogP contribution in [0.2, 0.25) is 0 Å². The third-order valence-electron chi connectivity index (χ3n) is 9.56. The highest BCUT2D eigenvalue weighted by molar-refractivity contribution is 5.79. The molecule has 4 aliphatic carbocycles. The van der Waals surface area contributed by atoms with Crippen LogP contribution in [0, 0.1) is 46.8 Å². The van der Waals surface area contributed by atoms with E-state index in [1.54, 1.807) is 12.5 Å². The quantitative estimate of drug-likeness (QED) is 0.503. The van der Waals surface area contributed by atoms with Gasteiger partial charge in [0.2, 0.25) is 0 Å². The van der Waals surface area contributed by atoms with Crippen LogP contribution in [0.15, 0.2) is 11.6 Å². The Morgan fingerprint density at radius 1 is 1.18 bits per heavy atom. The Morgan fingerprint density at radius 3 is 2.68 bits per heavy atom. The molecule has 0 unspecified atom stereocenters. The standard InChI is InChI=1S/C25H34O3/c1-4-10-24-11-9-21-19(22(24)8-7-20(24)17(2)26)6-5-18-16-25(27-14-15-28-25)13-12-23(18,21)3/h1,5,19-22H,6-16H2,2-3H3/t19-,20-,21+,22+,23+,24-/m1/s1. The zero-order chi connectivity index (χ0) is 19.6. The van der Waals surface area contributed by atoms with Crippen LogP contribution in [0.1, 0.15) is 71.6 Å². The van der Waals surface area contributed by atoms with Crippen molar-refractivity contribution in [3.63, 3.8) is 0 Å². The van der Waals surface area contributed by atoms with Crippen molar-refractivity contribution in [3.05, 3.63) is 11.6 Å². The highest BCUT2D eigenvalue weighted by atomic mass is 16.7. The predicted octanol–water partition coefficient (Wildman–Crippen LogP) is 4.90. The Bertz CT molecular complexity index is 739. The summed E-state index contributed by atoms with van der Waals surface area (Å²) in [5.74, 6) is 5.19. The number of carbonyl (C=O) groups excluding carboxylic acids is 1. The van der Waals surface area contributed by atoms with Crippen LogP contribution in [0.5, 0.6) is 0 Å². The molecule has 0 amide bonds. The second-order valence-electron chi connectivity index (χ2n) is 10.4. The molecule has 0 radical (unpaired) electrons. The minimum Gasteiger partial charge on any atom is -0.347 e. The summed E-state index contributed by atoms with van der Waals surface area (Å²) in [6.45, 7) is 5.77. The van der Waals surface area contributed by atoms with Gasteiger partial charge in [-0.3, -0.25) is 4.79 Å². The number of allylic oxidation sites excluding steroid dienone is 1. The number of rotatable bonds is 2. The van der Waals surface area contributed by atoms with Gasteiger partial charge in [-0.2, -0.15) is 0 Å². The zero-order valence-corrected chi connectivity index (χ0v) is 17.5. The number of carbonyl (C=O) groups is 1. The number of fused-ring (bicyclic) bond motifs is 5. The van der Waals surface area contributed by atoms with Crippen LogP contribution in [-0.2, 0) is 14.3 Å². The molecule has 3 heteroatoms. The first-order valence-electron chi connectivity index (χ1n) is 11.4. The van der Waals surface area contributed by atoms with Gasteiger partial charge in [-0.15, -0.1) is 12.3 Å². The van der Waals surface area contributed by atoms with E-state index in [1.165, 1.54) is 12.8 Å². The van der Waals surface area contributed by atoms with Crippen molar-refractivity contribution in [1.29, 1.82) is 0 Å². The summed E-state index contributed by atoms with van der Waals surface area (Å²) in [5.41, 5.74) is 1.91. The maximum atomic E-state index is 12.5. The first kappa shape index (κ1) is 18.9. The summed E-state index contributed by atoms with van der Waals surface area (Å²) in [6.07, 6.45) is 18.0. The Morgan fingerprint density at radius 2 is 1.96 bits per heavy atom. The molecule has 0 aromatic heterocycles. The number of ether oxygens (including phenoxy) is 2. The molecule has 1 aliphatic heterocycles. The van der Waals surface area contributed by atoms with Gasteiger partial charge in [-0.05, 0) is 74.0 Å². The van der Waals surface area contributed by atoms with E-state index in [0.717, 1.165) is 58.2 Å². The van der Waals surface area contributed by atoms with Crippen LogP contribution >= 0.6 is 0 Å². The Kier molecular flexibility index (Phi) is 4.35. The fourth-order valence-corrected chi connectivity index (χ4v) is 8.30. The highest BCUT2D eigenvalue weighted by Crippen LogP contribution is 2.68. The van der Waals surface area contributed by atoms with Crippen molar-refractivity contribution in [2.75, 3.05) is 13.2 Å². The minimum atomic E-state index is -0.340. The third-order valence-corrected chi connectivity index (χ3v) is 9.56. The van der Waals surface area contributed by atoms with Gasteiger partial charge >= 0.3 is 0 Å². The van der Waals surface area contributed by atoms with E-state index >= 15 is 0 Å². The van der Waals surface area contributed by atoms with Crippen molar-refractivity contribution in [3.8, 4) is 12.3 Å². The molecule has 1 saturated heterocycles. The van der Waals surface area contributed by atoms with Gasteiger partial charge in [0.05, 0.1) is 13.2 Å². The Labute approximate surface area is 169 Å². The summed E-state index contributed by atoms with van der Waals surface area (Å²) in [7, 11) is 0. The summed E-state index contributed by atoms with van der Waals surface area (Å²) in [4.78, 5) is 12.5. The molecular formula is C25H34O3. The molecule has 0 aromatic carbocycles.